The van der Waals surface area contributed by atoms with E-state index < -0.39 is 10.5 Å². The molecule has 0 aliphatic heterocycles. The Balaban J connectivity index is 1.83. The van der Waals surface area contributed by atoms with E-state index in [9.17, 15) is 10.4 Å². The van der Waals surface area contributed by atoms with Gasteiger partial charge in [0.2, 0.25) is 0 Å². The second-order valence-electron chi connectivity index (χ2n) is 6.99. The number of fused-ring (bicyclic) bond motifs is 1. The van der Waals surface area contributed by atoms with E-state index in [0.29, 0.717) is 5.69 Å². The maximum absolute atomic E-state index is 11.8. The number of benzene rings is 1. The average Bonchev–Trinajstić information content (AvgIpc) is 3.27. The number of halogens is 1. The Morgan fingerprint density at radius 2 is 2.27 bits per heavy atom. The predicted molar refractivity (Wildman–Crippen MR) is 99.0 cm³/mol. The largest absolute Gasteiger partial charge is 0.496 e. The molecule has 134 valence electrons. The van der Waals surface area contributed by atoms with Crippen molar-refractivity contribution in [2.75, 3.05) is 7.11 Å². The third kappa shape index (κ3) is 2.53. The summed E-state index contributed by atoms with van der Waals surface area (Å²) in [6.07, 6.45) is 8.29. The number of imidazole rings is 1. The lowest BCUT2D eigenvalue weighted by Crippen LogP contribution is -2.46. The van der Waals surface area contributed by atoms with E-state index in [0.717, 1.165) is 48.1 Å². The molecule has 1 heterocycles. The zero-order valence-corrected chi connectivity index (χ0v) is 15.3. The Morgan fingerprint density at radius 1 is 1.46 bits per heavy atom. The number of rotatable bonds is 5. The number of methoxy groups -OCH3 is 1. The molecule has 26 heavy (non-hydrogen) atoms. The quantitative estimate of drug-likeness (QED) is 0.821. The summed E-state index contributed by atoms with van der Waals surface area (Å²) < 4.78 is 7.20. The van der Waals surface area contributed by atoms with Crippen molar-refractivity contribution in [3.05, 3.63) is 53.6 Å². The summed E-state index contributed by atoms with van der Waals surface area (Å²) in [7, 11) is 1.66. The van der Waals surface area contributed by atoms with Crippen LogP contribution in [-0.2, 0) is 13.0 Å². The molecule has 1 saturated carbocycles. The van der Waals surface area contributed by atoms with E-state index in [-0.39, 0.29) is 6.54 Å². The van der Waals surface area contributed by atoms with Crippen LogP contribution in [0.2, 0.25) is 0 Å². The van der Waals surface area contributed by atoms with Gasteiger partial charge in [-0.05, 0) is 42.9 Å². The van der Waals surface area contributed by atoms with Crippen LogP contribution in [0.4, 0.5) is 0 Å². The molecule has 2 aliphatic rings. The van der Waals surface area contributed by atoms with Crippen LogP contribution >= 0.6 is 11.6 Å². The number of nitrogens with zero attached hydrogens (tertiary/aromatic N) is 3. The monoisotopic (exact) mass is 369 g/mol. The topological polar surface area (TPSA) is 71.1 Å². The lowest BCUT2D eigenvalue weighted by Gasteiger charge is -2.38. The minimum Gasteiger partial charge on any atom is -0.496 e. The highest BCUT2D eigenvalue weighted by Gasteiger charge is 2.60. The number of alkyl halides is 1. The van der Waals surface area contributed by atoms with Gasteiger partial charge in [0.15, 0.2) is 0 Å². The van der Waals surface area contributed by atoms with Gasteiger partial charge in [-0.2, -0.15) is 5.26 Å². The van der Waals surface area contributed by atoms with E-state index in [1.165, 1.54) is 6.20 Å². The number of hydrogen-bond acceptors (Lipinski definition) is 4. The molecule has 2 aromatic rings. The molecule has 0 saturated heterocycles. The molecule has 1 aromatic carbocycles. The Bertz CT molecular complexity index is 923. The lowest BCUT2D eigenvalue weighted by molar-refractivity contribution is 0.0691. The van der Waals surface area contributed by atoms with Gasteiger partial charge >= 0.3 is 0 Å². The highest BCUT2D eigenvalue weighted by Crippen LogP contribution is 2.57. The van der Waals surface area contributed by atoms with Crippen molar-refractivity contribution in [1.82, 2.24) is 9.55 Å². The molecule has 2 aliphatic carbocycles. The number of allylic oxidation sites excluding steroid dienone is 1. The van der Waals surface area contributed by atoms with Crippen LogP contribution in [0.5, 0.6) is 5.75 Å². The van der Waals surface area contributed by atoms with Gasteiger partial charge in [-0.15, -0.1) is 11.6 Å². The van der Waals surface area contributed by atoms with Gasteiger partial charge in [-0.25, -0.2) is 4.98 Å². The fourth-order valence-electron chi connectivity index (χ4n) is 3.91. The highest BCUT2D eigenvalue weighted by molar-refractivity contribution is 6.27. The third-order valence-corrected chi connectivity index (χ3v) is 6.18. The zero-order valence-electron chi connectivity index (χ0n) is 14.6. The minimum atomic E-state index is -1.29. The van der Waals surface area contributed by atoms with Crippen molar-refractivity contribution in [3.63, 3.8) is 0 Å². The first-order valence-corrected chi connectivity index (χ1v) is 9.08. The molecule has 1 unspecified atom stereocenters. The summed E-state index contributed by atoms with van der Waals surface area (Å²) in [5.41, 5.74) is 2.01. The third-order valence-electron chi connectivity index (χ3n) is 5.49. The van der Waals surface area contributed by atoms with Crippen LogP contribution in [0.15, 0.2) is 36.8 Å². The fourth-order valence-corrected chi connectivity index (χ4v) is 4.16. The highest BCUT2D eigenvalue weighted by atomic mass is 35.5. The van der Waals surface area contributed by atoms with E-state index in [4.69, 9.17) is 16.3 Å². The van der Waals surface area contributed by atoms with Crippen molar-refractivity contribution in [2.24, 2.45) is 0 Å². The maximum Gasteiger partial charge on any atom is 0.140 e. The van der Waals surface area contributed by atoms with Crippen molar-refractivity contribution in [1.29, 1.82) is 5.26 Å². The first-order chi connectivity index (χ1) is 12.5. The zero-order chi connectivity index (χ0) is 18.4. The molecule has 4 rings (SSSR count). The number of ether oxygens (including phenoxy) is 1. The van der Waals surface area contributed by atoms with Crippen LogP contribution in [0, 0.1) is 11.3 Å². The van der Waals surface area contributed by atoms with Gasteiger partial charge in [0.25, 0.3) is 0 Å². The van der Waals surface area contributed by atoms with Crippen molar-refractivity contribution >= 4 is 17.2 Å². The standard InChI is InChI=1S/C20H20ClN3O2/c1-26-18-7-3-4-15-16(18)5-2-6-17(15)20(25,19(21)8-9-19)12-24-13-23-11-14(24)10-22/h3-4,6-7,11,13,25H,2,5,8-9,12H2,1H3. The molecule has 0 amide bonds. The van der Waals surface area contributed by atoms with Crippen LogP contribution in [0.1, 0.15) is 36.1 Å². The first kappa shape index (κ1) is 17.1. The summed E-state index contributed by atoms with van der Waals surface area (Å²) in [6, 6.07) is 8.00. The van der Waals surface area contributed by atoms with Gasteiger partial charge in [0.05, 0.1) is 31.1 Å². The molecule has 1 atom stereocenters. The normalized spacial score (nSPS) is 19.7. The summed E-state index contributed by atoms with van der Waals surface area (Å²) in [5.74, 6) is 0.829. The summed E-state index contributed by atoms with van der Waals surface area (Å²) in [4.78, 5) is 3.31. The number of hydrogen-bond donors (Lipinski definition) is 1. The summed E-state index contributed by atoms with van der Waals surface area (Å²) >= 11 is 6.80. The minimum absolute atomic E-state index is 0.196. The van der Waals surface area contributed by atoms with Crippen LogP contribution in [-0.4, -0.2) is 32.2 Å². The summed E-state index contributed by atoms with van der Waals surface area (Å²) in [5, 5.41) is 21.1. The summed E-state index contributed by atoms with van der Waals surface area (Å²) in [6.45, 7) is 0.196. The van der Waals surface area contributed by atoms with Gasteiger partial charge in [-0.1, -0.05) is 18.2 Å². The van der Waals surface area contributed by atoms with Crippen LogP contribution in [0.3, 0.4) is 0 Å². The Labute approximate surface area is 157 Å². The van der Waals surface area contributed by atoms with Crippen molar-refractivity contribution in [2.45, 2.75) is 42.7 Å². The van der Waals surface area contributed by atoms with Crippen molar-refractivity contribution in [3.8, 4) is 11.8 Å². The number of aliphatic hydroxyl groups is 1. The van der Waals surface area contributed by atoms with Gasteiger partial charge in [0.1, 0.15) is 23.1 Å². The SMILES string of the molecule is COc1cccc2c1CCC=C2C(O)(Cn1cncc1C#N)C1(Cl)CC1. The smallest absolute Gasteiger partial charge is 0.140 e. The molecule has 0 radical (unpaired) electrons. The number of aromatic nitrogens is 2. The lowest BCUT2D eigenvalue weighted by atomic mass is 9.77. The molecule has 1 N–H and O–H groups in total. The second-order valence-corrected chi connectivity index (χ2v) is 7.71. The molecular weight excluding hydrogens is 350 g/mol. The fraction of sp³-hybridized carbons (Fsp3) is 0.400. The number of nitriles is 1. The molecule has 5 nitrogen and oxygen atoms in total. The molecular formula is C20H20ClN3O2. The Hall–Kier alpha value is -2.29. The Kier molecular flexibility index (Phi) is 4.06. The molecule has 1 fully saturated rings. The molecule has 6 heteroatoms. The van der Waals surface area contributed by atoms with Crippen LogP contribution in [0.25, 0.3) is 5.57 Å². The van der Waals surface area contributed by atoms with Crippen molar-refractivity contribution < 1.29 is 9.84 Å². The molecule has 0 bridgehead atoms. The first-order valence-electron chi connectivity index (χ1n) is 8.71. The maximum atomic E-state index is 11.8. The molecule has 1 aromatic heterocycles. The van der Waals surface area contributed by atoms with Gasteiger partial charge < -0.3 is 14.4 Å². The van der Waals surface area contributed by atoms with Gasteiger partial charge in [0, 0.05) is 5.56 Å². The van der Waals surface area contributed by atoms with Gasteiger partial charge in [-0.3, -0.25) is 0 Å². The second kappa shape index (κ2) is 6.15. The van der Waals surface area contributed by atoms with E-state index >= 15 is 0 Å². The average molecular weight is 370 g/mol. The Morgan fingerprint density at radius 3 is 2.96 bits per heavy atom. The van der Waals surface area contributed by atoms with E-state index in [2.05, 4.69) is 17.1 Å². The van der Waals surface area contributed by atoms with E-state index in [1.807, 2.05) is 18.2 Å². The predicted octanol–water partition coefficient (Wildman–Crippen LogP) is 3.30. The van der Waals surface area contributed by atoms with E-state index in [1.54, 1.807) is 18.0 Å². The molecule has 0 spiro atoms. The van der Waals surface area contributed by atoms with Crippen LogP contribution < -0.4 is 4.74 Å².